The van der Waals surface area contributed by atoms with Gasteiger partial charge in [0.05, 0.1) is 0 Å². The summed E-state index contributed by atoms with van der Waals surface area (Å²) in [7, 11) is 7.09. The third-order valence-corrected chi connectivity index (χ3v) is 3.02. The Kier molecular flexibility index (Phi) is 5.30. The Morgan fingerprint density at radius 1 is 1.28 bits per heavy atom. The molecule has 6 heteroatoms. The molecular weight excluding hydrogens is 232 g/mol. The highest BCUT2D eigenvalue weighted by Crippen LogP contribution is 1.98. The van der Waals surface area contributed by atoms with Crippen molar-refractivity contribution in [2.75, 3.05) is 27.2 Å². The Bertz CT molecular complexity index is 504. The number of hydrogen-bond donors (Lipinski definition) is 1. The summed E-state index contributed by atoms with van der Waals surface area (Å²) in [4.78, 5) is 25.4. The largest absolute Gasteiger partial charge is 0.330 e. The highest BCUT2D eigenvalue weighted by atomic mass is 16.2. The van der Waals surface area contributed by atoms with Crippen LogP contribution in [0, 0.1) is 0 Å². The molecule has 1 N–H and O–H groups in total. The molecule has 0 atom stereocenters. The normalized spacial score (nSPS) is 11.2. The SMILES string of the molecule is CNCCCN(C)Cc1cc(=O)n(C)c(=O)n1C. The van der Waals surface area contributed by atoms with Crippen molar-refractivity contribution in [3.8, 4) is 0 Å². The lowest BCUT2D eigenvalue weighted by molar-refractivity contribution is 0.311. The molecule has 1 rings (SSSR count). The number of aromatic nitrogens is 2. The Labute approximate surface area is 107 Å². The summed E-state index contributed by atoms with van der Waals surface area (Å²) >= 11 is 0. The topological polar surface area (TPSA) is 59.3 Å². The zero-order chi connectivity index (χ0) is 13.7. The van der Waals surface area contributed by atoms with Crippen molar-refractivity contribution in [1.82, 2.24) is 19.4 Å². The van der Waals surface area contributed by atoms with Crippen LogP contribution in [0.2, 0.25) is 0 Å². The van der Waals surface area contributed by atoms with Gasteiger partial charge in [0.2, 0.25) is 0 Å². The van der Waals surface area contributed by atoms with Crippen molar-refractivity contribution >= 4 is 0 Å². The Hall–Kier alpha value is -1.40. The minimum Gasteiger partial charge on any atom is -0.320 e. The van der Waals surface area contributed by atoms with E-state index in [4.69, 9.17) is 0 Å². The standard InChI is InChI=1S/C12H22N4O2/c1-13-6-5-7-14(2)9-10-8-11(17)16(4)12(18)15(10)3/h8,13H,5-7,9H2,1-4H3. The molecular formula is C12H22N4O2. The zero-order valence-electron chi connectivity index (χ0n) is 11.6. The van der Waals surface area contributed by atoms with Crippen LogP contribution in [-0.2, 0) is 20.6 Å². The maximum atomic E-state index is 11.7. The van der Waals surface area contributed by atoms with E-state index in [1.807, 2.05) is 14.1 Å². The van der Waals surface area contributed by atoms with E-state index < -0.39 is 0 Å². The number of nitrogens with one attached hydrogen (secondary N) is 1. The summed E-state index contributed by atoms with van der Waals surface area (Å²) < 4.78 is 2.64. The van der Waals surface area contributed by atoms with Crippen LogP contribution in [0.5, 0.6) is 0 Å². The number of hydrogen-bond acceptors (Lipinski definition) is 4. The Balaban J connectivity index is 2.79. The smallest absolute Gasteiger partial charge is 0.320 e. The molecule has 0 aliphatic heterocycles. The van der Waals surface area contributed by atoms with Gasteiger partial charge in [-0.2, -0.15) is 0 Å². The molecule has 1 aromatic rings. The van der Waals surface area contributed by atoms with Crippen LogP contribution in [0.25, 0.3) is 0 Å². The second kappa shape index (κ2) is 6.51. The summed E-state index contributed by atoms with van der Waals surface area (Å²) in [5, 5.41) is 3.09. The molecule has 102 valence electrons. The van der Waals surface area contributed by atoms with Gasteiger partial charge in [0.1, 0.15) is 0 Å². The lowest BCUT2D eigenvalue weighted by Crippen LogP contribution is -2.39. The van der Waals surface area contributed by atoms with Crippen LogP contribution in [0.1, 0.15) is 12.1 Å². The molecule has 0 unspecified atom stereocenters. The maximum Gasteiger partial charge on any atom is 0.330 e. The molecule has 0 saturated heterocycles. The van der Waals surface area contributed by atoms with E-state index in [1.165, 1.54) is 17.7 Å². The first kappa shape index (κ1) is 14.7. The van der Waals surface area contributed by atoms with Crippen LogP contribution in [0.15, 0.2) is 15.7 Å². The molecule has 0 aliphatic rings. The van der Waals surface area contributed by atoms with E-state index in [-0.39, 0.29) is 11.2 Å². The van der Waals surface area contributed by atoms with Crippen LogP contribution in [-0.4, -0.2) is 41.2 Å². The maximum absolute atomic E-state index is 11.7. The van der Waals surface area contributed by atoms with E-state index in [9.17, 15) is 9.59 Å². The van der Waals surface area contributed by atoms with Crippen molar-refractivity contribution in [2.24, 2.45) is 14.1 Å². The lowest BCUT2D eigenvalue weighted by atomic mass is 10.3. The van der Waals surface area contributed by atoms with E-state index in [0.717, 1.165) is 29.8 Å². The van der Waals surface area contributed by atoms with Gasteiger partial charge in [-0.05, 0) is 33.6 Å². The molecule has 0 aromatic carbocycles. The second-order valence-corrected chi connectivity index (χ2v) is 4.57. The monoisotopic (exact) mass is 254 g/mol. The van der Waals surface area contributed by atoms with Gasteiger partial charge >= 0.3 is 5.69 Å². The van der Waals surface area contributed by atoms with E-state index in [2.05, 4.69) is 10.2 Å². The molecule has 1 heterocycles. The second-order valence-electron chi connectivity index (χ2n) is 4.57. The molecule has 6 nitrogen and oxygen atoms in total. The van der Waals surface area contributed by atoms with Gasteiger partial charge in [-0.25, -0.2) is 4.79 Å². The molecule has 0 amide bonds. The quantitative estimate of drug-likeness (QED) is 0.670. The molecule has 0 bridgehead atoms. The van der Waals surface area contributed by atoms with Crippen molar-refractivity contribution in [3.05, 3.63) is 32.6 Å². The summed E-state index contributed by atoms with van der Waals surface area (Å²) in [6.45, 7) is 2.48. The molecule has 0 spiro atoms. The highest BCUT2D eigenvalue weighted by Gasteiger charge is 2.08. The summed E-state index contributed by atoms with van der Waals surface area (Å²) in [5.74, 6) is 0. The third kappa shape index (κ3) is 3.54. The van der Waals surface area contributed by atoms with E-state index >= 15 is 0 Å². The highest BCUT2D eigenvalue weighted by molar-refractivity contribution is 5.01. The zero-order valence-corrected chi connectivity index (χ0v) is 11.6. The third-order valence-electron chi connectivity index (χ3n) is 3.02. The van der Waals surface area contributed by atoms with Gasteiger partial charge in [0, 0.05) is 32.4 Å². The Morgan fingerprint density at radius 2 is 1.94 bits per heavy atom. The van der Waals surface area contributed by atoms with E-state index in [0.29, 0.717) is 6.54 Å². The molecule has 0 radical (unpaired) electrons. The predicted molar refractivity (Wildman–Crippen MR) is 71.8 cm³/mol. The fraction of sp³-hybridized carbons (Fsp3) is 0.667. The molecule has 0 saturated carbocycles. The number of rotatable bonds is 6. The van der Waals surface area contributed by atoms with Crippen molar-refractivity contribution in [1.29, 1.82) is 0 Å². The van der Waals surface area contributed by atoms with Crippen LogP contribution >= 0.6 is 0 Å². The van der Waals surface area contributed by atoms with Crippen LogP contribution < -0.4 is 16.6 Å². The Morgan fingerprint density at radius 3 is 2.56 bits per heavy atom. The van der Waals surface area contributed by atoms with Crippen LogP contribution in [0.4, 0.5) is 0 Å². The van der Waals surface area contributed by atoms with Gasteiger partial charge in [-0.15, -0.1) is 0 Å². The summed E-state index contributed by atoms with van der Waals surface area (Å²) in [6.07, 6.45) is 1.03. The fourth-order valence-corrected chi connectivity index (χ4v) is 1.81. The number of nitrogens with zero attached hydrogens (tertiary/aromatic N) is 3. The minimum absolute atomic E-state index is 0.253. The van der Waals surface area contributed by atoms with E-state index in [1.54, 1.807) is 7.05 Å². The summed E-state index contributed by atoms with van der Waals surface area (Å²) in [5.41, 5.74) is 0.216. The van der Waals surface area contributed by atoms with Crippen molar-refractivity contribution < 1.29 is 0 Å². The van der Waals surface area contributed by atoms with Crippen LogP contribution in [0.3, 0.4) is 0 Å². The average molecular weight is 254 g/mol. The fourth-order valence-electron chi connectivity index (χ4n) is 1.81. The van der Waals surface area contributed by atoms with Gasteiger partial charge in [0.15, 0.2) is 0 Å². The first-order valence-electron chi connectivity index (χ1n) is 6.06. The van der Waals surface area contributed by atoms with Gasteiger partial charge in [-0.3, -0.25) is 13.9 Å². The first-order chi connectivity index (χ1) is 8.47. The average Bonchev–Trinajstić information content (AvgIpc) is 2.33. The molecule has 1 aromatic heterocycles. The minimum atomic E-state index is -0.277. The van der Waals surface area contributed by atoms with Gasteiger partial charge in [-0.1, -0.05) is 0 Å². The van der Waals surface area contributed by atoms with Gasteiger partial charge < -0.3 is 10.2 Å². The van der Waals surface area contributed by atoms with Crippen molar-refractivity contribution in [3.63, 3.8) is 0 Å². The first-order valence-corrected chi connectivity index (χ1v) is 6.06. The lowest BCUT2D eigenvalue weighted by Gasteiger charge is -2.18. The molecule has 0 aliphatic carbocycles. The predicted octanol–water partition coefficient (Wildman–Crippen LogP) is -0.875. The van der Waals surface area contributed by atoms with Gasteiger partial charge in [0.25, 0.3) is 5.56 Å². The molecule has 0 fully saturated rings. The summed E-state index contributed by atoms with van der Waals surface area (Å²) in [6, 6.07) is 1.52. The molecule has 18 heavy (non-hydrogen) atoms. The van der Waals surface area contributed by atoms with Crippen molar-refractivity contribution in [2.45, 2.75) is 13.0 Å².